The number of nitrogens with zero attached hydrogens (tertiary/aromatic N) is 2. The quantitative estimate of drug-likeness (QED) is 0.522. The van der Waals surface area contributed by atoms with E-state index in [-0.39, 0.29) is 5.97 Å². The predicted molar refractivity (Wildman–Crippen MR) is 71.3 cm³/mol. The highest BCUT2D eigenvalue weighted by molar-refractivity contribution is 5.71. The van der Waals surface area contributed by atoms with Crippen LogP contribution in [-0.2, 0) is 16.0 Å². The van der Waals surface area contributed by atoms with Gasteiger partial charge in [0.1, 0.15) is 0 Å². The molecule has 0 N–H and O–H groups in total. The van der Waals surface area contributed by atoms with Gasteiger partial charge in [-0.3, -0.25) is 14.7 Å². The van der Waals surface area contributed by atoms with Gasteiger partial charge in [-0.2, -0.15) is 0 Å². The fourth-order valence-corrected chi connectivity index (χ4v) is 1.53. The number of aromatic nitrogens is 1. The average molecular weight is 250 g/mol. The first-order valence-electron chi connectivity index (χ1n) is 6.46. The second kappa shape index (κ2) is 8.64. The number of unbranched alkanes of at least 4 members (excludes halogenated alkanes) is 1. The Balaban J connectivity index is 2.17. The zero-order valence-electron chi connectivity index (χ0n) is 11.3. The van der Waals surface area contributed by atoms with Gasteiger partial charge >= 0.3 is 5.97 Å². The molecule has 0 fully saturated rings. The molecule has 100 valence electrons. The first-order valence-corrected chi connectivity index (χ1v) is 6.46. The van der Waals surface area contributed by atoms with Gasteiger partial charge in [0, 0.05) is 24.9 Å². The van der Waals surface area contributed by atoms with Crippen LogP contribution in [0.2, 0.25) is 0 Å². The molecule has 0 atom stereocenters. The minimum atomic E-state index is -0.146. The highest BCUT2D eigenvalue weighted by atomic mass is 16.5. The van der Waals surface area contributed by atoms with E-state index in [1.54, 1.807) is 6.20 Å². The molecule has 4 nitrogen and oxygen atoms in total. The van der Waals surface area contributed by atoms with Gasteiger partial charge in [0.05, 0.1) is 13.2 Å². The second-order valence-electron chi connectivity index (χ2n) is 4.38. The molecule has 0 aromatic carbocycles. The summed E-state index contributed by atoms with van der Waals surface area (Å²) in [4.78, 5) is 17.7. The summed E-state index contributed by atoms with van der Waals surface area (Å²) in [6.45, 7) is 3.76. The zero-order valence-corrected chi connectivity index (χ0v) is 11.3. The Morgan fingerprint density at radius 3 is 2.94 bits per heavy atom. The third-order valence-corrected chi connectivity index (χ3v) is 2.64. The van der Waals surface area contributed by atoms with E-state index in [0.29, 0.717) is 13.2 Å². The Morgan fingerprint density at radius 1 is 1.44 bits per heavy atom. The molecule has 0 spiro atoms. The largest absolute Gasteiger partial charge is 0.465 e. The molecule has 1 rings (SSSR count). The zero-order chi connectivity index (χ0) is 13.2. The number of esters is 1. The number of ether oxygens (including phenoxy) is 1. The average Bonchev–Trinajstić information content (AvgIpc) is 2.38. The van der Waals surface area contributed by atoms with Gasteiger partial charge in [0.25, 0.3) is 0 Å². The van der Waals surface area contributed by atoms with Crippen molar-refractivity contribution in [3.8, 4) is 0 Å². The van der Waals surface area contributed by atoms with E-state index in [1.165, 1.54) is 0 Å². The Morgan fingerprint density at radius 2 is 2.28 bits per heavy atom. The number of rotatable bonds is 8. The van der Waals surface area contributed by atoms with Crippen molar-refractivity contribution in [3.63, 3.8) is 0 Å². The van der Waals surface area contributed by atoms with Crippen molar-refractivity contribution in [3.05, 3.63) is 30.1 Å². The van der Waals surface area contributed by atoms with Gasteiger partial charge in [-0.05, 0) is 25.6 Å². The second-order valence-corrected chi connectivity index (χ2v) is 4.38. The minimum absolute atomic E-state index is 0.146. The lowest BCUT2D eigenvalue weighted by molar-refractivity contribution is -0.144. The van der Waals surface area contributed by atoms with Gasteiger partial charge in [-0.1, -0.05) is 19.4 Å². The third-order valence-electron chi connectivity index (χ3n) is 2.64. The van der Waals surface area contributed by atoms with Gasteiger partial charge in [0.2, 0.25) is 0 Å². The molecule has 0 aliphatic carbocycles. The van der Waals surface area contributed by atoms with Crippen LogP contribution in [-0.4, -0.2) is 42.6 Å². The fourth-order valence-electron chi connectivity index (χ4n) is 1.53. The van der Waals surface area contributed by atoms with Crippen molar-refractivity contribution < 1.29 is 9.53 Å². The normalized spacial score (nSPS) is 10.6. The van der Waals surface area contributed by atoms with Crippen molar-refractivity contribution in [1.29, 1.82) is 0 Å². The summed E-state index contributed by atoms with van der Waals surface area (Å²) in [6, 6.07) is 5.87. The lowest BCUT2D eigenvalue weighted by Gasteiger charge is -2.15. The van der Waals surface area contributed by atoms with E-state index in [2.05, 4.69) is 11.9 Å². The monoisotopic (exact) mass is 250 g/mol. The van der Waals surface area contributed by atoms with Gasteiger partial charge in [0.15, 0.2) is 0 Å². The smallest absolute Gasteiger partial charge is 0.320 e. The molecule has 4 heteroatoms. The first kappa shape index (κ1) is 14.6. The van der Waals surface area contributed by atoms with Crippen LogP contribution in [0, 0.1) is 0 Å². The van der Waals surface area contributed by atoms with Gasteiger partial charge in [-0.25, -0.2) is 0 Å². The van der Waals surface area contributed by atoms with Crippen molar-refractivity contribution >= 4 is 5.97 Å². The molecular weight excluding hydrogens is 228 g/mol. The van der Waals surface area contributed by atoms with Crippen LogP contribution in [0.25, 0.3) is 0 Å². The van der Waals surface area contributed by atoms with Gasteiger partial charge < -0.3 is 4.74 Å². The predicted octanol–water partition coefficient (Wildman–Crippen LogP) is 1.90. The Hall–Kier alpha value is -1.42. The van der Waals surface area contributed by atoms with Crippen molar-refractivity contribution in [2.45, 2.75) is 26.2 Å². The summed E-state index contributed by atoms with van der Waals surface area (Å²) >= 11 is 0. The molecule has 0 radical (unpaired) electrons. The topological polar surface area (TPSA) is 42.4 Å². The summed E-state index contributed by atoms with van der Waals surface area (Å²) in [5.74, 6) is -0.146. The Labute approximate surface area is 109 Å². The maximum absolute atomic E-state index is 11.5. The maximum atomic E-state index is 11.5. The standard InChI is InChI=1S/C14H22N2O2/c1-3-4-11-18-14(17)12-16(2)10-8-13-7-5-6-9-15-13/h5-7,9H,3-4,8,10-12H2,1-2H3. The van der Waals surface area contributed by atoms with Crippen LogP contribution in [0.3, 0.4) is 0 Å². The van der Waals surface area contributed by atoms with E-state index in [9.17, 15) is 4.79 Å². The van der Waals surface area contributed by atoms with E-state index < -0.39 is 0 Å². The molecule has 0 bridgehead atoms. The molecule has 0 saturated heterocycles. The van der Waals surface area contributed by atoms with E-state index in [1.807, 2.05) is 30.1 Å². The van der Waals surface area contributed by atoms with Crippen molar-refractivity contribution in [2.75, 3.05) is 26.7 Å². The first-order chi connectivity index (χ1) is 8.72. The summed E-state index contributed by atoms with van der Waals surface area (Å²) in [6.07, 6.45) is 4.61. The molecule has 0 amide bonds. The number of hydrogen-bond acceptors (Lipinski definition) is 4. The fraction of sp³-hybridized carbons (Fsp3) is 0.571. The number of carbonyl (C=O) groups excluding carboxylic acids is 1. The molecule has 0 aliphatic heterocycles. The number of carbonyl (C=O) groups is 1. The lowest BCUT2D eigenvalue weighted by atomic mass is 10.2. The number of hydrogen-bond donors (Lipinski definition) is 0. The molecule has 18 heavy (non-hydrogen) atoms. The highest BCUT2D eigenvalue weighted by Gasteiger charge is 2.07. The van der Waals surface area contributed by atoms with Crippen molar-refractivity contribution in [1.82, 2.24) is 9.88 Å². The summed E-state index contributed by atoms with van der Waals surface area (Å²) < 4.78 is 5.11. The van der Waals surface area contributed by atoms with E-state index in [4.69, 9.17) is 4.74 Å². The molecular formula is C14H22N2O2. The van der Waals surface area contributed by atoms with Crippen LogP contribution in [0.15, 0.2) is 24.4 Å². The molecule has 0 aliphatic rings. The van der Waals surface area contributed by atoms with Crippen LogP contribution in [0.1, 0.15) is 25.5 Å². The minimum Gasteiger partial charge on any atom is -0.465 e. The Bertz CT molecular complexity index is 341. The molecule has 1 aromatic heterocycles. The molecule has 1 heterocycles. The van der Waals surface area contributed by atoms with E-state index >= 15 is 0 Å². The van der Waals surface area contributed by atoms with Crippen LogP contribution in [0.5, 0.6) is 0 Å². The number of pyridine rings is 1. The van der Waals surface area contributed by atoms with Crippen LogP contribution >= 0.6 is 0 Å². The summed E-state index contributed by atoms with van der Waals surface area (Å²) in [5, 5.41) is 0. The Kier molecular flexibility index (Phi) is 7.03. The molecule has 1 aromatic rings. The van der Waals surface area contributed by atoms with Crippen LogP contribution < -0.4 is 0 Å². The van der Waals surface area contributed by atoms with Crippen molar-refractivity contribution in [2.24, 2.45) is 0 Å². The highest BCUT2D eigenvalue weighted by Crippen LogP contribution is 1.97. The molecule has 0 unspecified atom stereocenters. The number of likely N-dealkylation sites (N-methyl/N-ethyl adjacent to an activating group) is 1. The third kappa shape index (κ3) is 6.35. The summed E-state index contributed by atoms with van der Waals surface area (Å²) in [5.41, 5.74) is 1.05. The van der Waals surface area contributed by atoms with E-state index in [0.717, 1.165) is 31.5 Å². The van der Waals surface area contributed by atoms with Crippen LogP contribution in [0.4, 0.5) is 0 Å². The SMILES string of the molecule is CCCCOC(=O)CN(C)CCc1ccccn1. The lowest BCUT2D eigenvalue weighted by Crippen LogP contribution is -2.29. The molecule has 0 saturated carbocycles. The maximum Gasteiger partial charge on any atom is 0.320 e. The summed E-state index contributed by atoms with van der Waals surface area (Å²) in [7, 11) is 1.92. The van der Waals surface area contributed by atoms with Gasteiger partial charge in [-0.15, -0.1) is 0 Å².